The van der Waals surface area contributed by atoms with Gasteiger partial charge >= 0.3 is 12.1 Å². The summed E-state index contributed by atoms with van der Waals surface area (Å²) in [5.74, 6) is -4.92. The predicted molar refractivity (Wildman–Crippen MR) is 64.0 cm³/mol. The Morgan fingerprint density at radius 3 is 2.29 bits per heavy atom. The number of halogens is 5. The van der Waals surface area contributed by atoms with Gasteiger partial charge in [0, 0.05) is 11.1 Å². The molecule has 0 aliphatic carbocycles. The zero-order valence-corrected chi connectivity index (χ0v) is 11.2. The number of hydrogen-bond donors (Lipinski definition) is 2. The Morgan fingerprint density at radius 1 is 1.19 bits per heavy atom. The highest BCUT2D eigenvalue weighted by Crippen LogP contribution is 2.47. The normalized spacial score (nSPS) is 25.2. The van der Waals surface area contributed by atoms with Crippen LogP contribution < -0.4 is 10.5 Å². The molecule has 0 bridgehead atoms. The first kappa shape index (κ1) is 16.0. The molecule has 2 rings (SSSR count). The first-order valence-corrected chi connectivity index (χ1v) is 6.09. The van der Waals surface area contributed by atoms with Crippen LogP contribution in [0.15, 0.2) is 18.2 Å². The SMILES string of the molecule is CC1(C)Oc2ccc(C(F)(F)C(F)(F)F)cc2C(N)C1O. The Bertz CT molecular complexity index is 556. The average molecular weight is 311 g/mol. The van der Waals surface area contributed by atoms with Gasteiger partial charge in [-0.25, -0.2) is 0 Å². The van der Waals surface area contributed by atoms with Gasteiger partial charge in [0.1, 0.15) is 17.5 Å². The molecule has 0 amide bonds. The van der Waals surface area contributed by atoms with E-state index in [1.165, 1.54) is 0 Å². The van der Waals surface area contributed by atoms with Crippen molar-refractivity contribution in [2.75, 3.05) is 0 Å². The summed E-state index contributed by atoms with van der Waals surface area (Å²) in [6.45, 7) is 3.08. The monoisotopic (exact) mass is 311 g/mol. The third-order valence-electron chi connectivity index (χ3n) is 3.51. The minimum atomic E-state index is -5.71. The highest BCUT2D eigenvalue weighted by Gasteiger charge is 2.59. The van der Waals surface area contributed by atoms with Crippen LogP contribution in [0, 0.1) is 0 Å². The van der Waals surface area contributed by atoms with Crippen LogP contribution in [0.5, 0.6) is 5.75 Å². The van der Waals surface area contributed by atoms with E-state index in [4.69, 9.17) is 10.5 Å². The standard InChI is InChI=1S/C13H14F5NO2/c1-11(2)10(20)9(19)7-5-6(3-4-8(7)21-11)12(14,15)13(16,17)18/h3-5,9-10,20H,19H2,1-2H3. The van der Waals surface area contributed by atoms with Crippen molar-refractivity contribution in [1.29, 1.82) is 0 Å². The summed E-state index contributed by atoms with van der Waals surface area (Å²) in [5.41, 5.74) is 3.34. The molecular formula is C13H14F5NO2. The van der Waals surface area contributed by atoms with Gasteiger partial charge in [0.25, 0.3) is 0 Å². The maximum Gasteiger partial charge on any atom is 0.458 e. The van der Waals surface area contributed by atoms with Crippen LogP contribution in [-0.2, 0) is 5.92 Å². The van der Waals surface area contributed by atoms with Crippen molar-refractivity contribution < 1.29 is 31.8 Å². The maximum atomic E-state index is 13.3. The van der Waals surface area contributed by atoms with Gasteiger partial charge in [-0.2, -0.15) is 22.0 Å². The summed E-state index contributed by atoms with van der Waals surface area (Å²) in [4.78, 5) is 0. The Balaban J connectivity index is 2.51. The van der Waals surface area contributed by atoms with Crippen molar-refractivity contribution in [1.82, 2.24) is 0 Å². The third-order valence-corrected chi connectivity index (χ3v) is 3.51. The van der Waals surface area contributed by atoms with E-state index < -0.39 is 35.4 Å². The number of aliphatic hydroxyl groups is 1. The number of ether oxygens (including phenoxy) is 1. The van der Waals surface area contributed by atoms with Gasteiger partial charge in [-0.05, 0) is 32.0 Å². The van der Waals surface area contributed by atoms with Crippen molar-refractivity contribution in [3.8, 4) is 5.75 Å². The van der Waals surface area contributed by atoms with E-state index in [1.54, 1.807) is 13.8 Å². The molecule has 21 heavy (non-hydrogen) atoms. The van der Waals surface area contributed by atoms with Crippen molar-refractivity contribution in [3.05, 3.63) is 29.3 Å². The van der Waals surface area contributed by atoms with Crippen LogP contribution in [0.1, 0.15) is 31.0 Å². The molecule has 0 saturated carbocycles. The van der Waals surface area contributed by atoms with Crippen molar-refractivity contribution in [3.63, 3.8) is 0 Å². The fraction of sp³-hybridized carbons (Fsp3) is 0.538. The number of rotatable bonds is 1. The summed E-state index contributed by atoms with van der Waals surface area (Å²) in [7, 11) is 0. The lowest BCUT2D eigenvalue weighted by atomic mass is 9.86. The second-order valence-electron chi connectivity index (χ2n) is 5.50. The van der Waals surface area contributed by atoms with E-state index in [9.17, 15) is 27.1 Å². The van der Waals surface area contributed by atoms with Gasteiger partial charge in [-0.15, -0.1) is 0 Å². The summed E-state index contributed by atoms with van der Waals surface area (Å²) in [5, 5.41) is 9.95. The molecule has 0 aromatic heterocycles. The molecular weight excluding hydrogens is 297 g/mol. The lowest BCUT2D eigenvalue weighted by Crippen LogP contribution is -2.51. The number of nitrogens with two attached hydrogens (primary N) is 1. The second-order valence-corrected chi connectivity index (χ2v) is 5.50. The lowest BCUT2D eigenvalue weighted by Gasteiger charge is -2.41. The maximum absolute atomic E-state index is 13.3. The molecule has 3 nitrogen and oxygen atoms in total. The Morgan fingerprint density at radius 2 is 1.76 bits per heavy atom. The largest absolute Gasteiger partial charge is 0.485 e. The quantitative estimate of drug-likeness (QED) is 0.784. The molecule has 0 spiro atoms. The molecule has 8 heteroatoms. The van der Waals surface area contributed by atoms with E-state index in [-0.39, 0.29) is 11.3 Å². The number of benzene rings is 1. The molecule has 1 aliphatic heterocycles. The van der Waals surface area contributed by atoms with Crippen molar-refractivity contribution in [2.45, 2.75) is 43.7 Å². The summed E-state index contributed by atoms with van der Waals surface area (Å²) in [6.07, 6.45) is -6.95. The summed E-state index contributed by atoms with van der Waals surface area (Å²) in [6, 6.07) is 1.17. The zero-order valence-electron chi connectivity index (χ0n) is 11.2. The van der Waals surface area contributed by atoms with Crippen LogP contribution in [-0.4, -0.2) is 23.0 Å². The molecule has 0 saturated heterocycles. The topological polar surface area (TPSA) is 55.5 Å². The predicted octanol–water partition coefficient (Wildman–Crippen LogP) is 2.87. The molecule has 2 atom stereocenters. The molecule has 1 heterocycles. The number of alkyl halides is 5. The molecule has 1 aromatic carbocycles. The lowest BCUT2D eigenvalue weighted by molar-refractivity contribution is -0.289. The van der Waals surface area contributed by atoms with Gasteiger partial charge in [0.05, 0.1) is 6.04 Å². The molecule has 2 unspecified atom stereocenters. The van der Waals surface area contributed by atoms with Crippen molar-refractivity contribution >= 4 is 0 Å². The summed E-state index contributed by atoms with van der Waals surface area (Å²) >= 11 is 0. The molecule has 1 aliphatic rings. The van der Waals surface area contributed by atoms with E-state index in [2.05, 4.69) is 0 Å². The minimum Gasteiger partial charge on any atom is -0.485 e. The number of hydrogen-bond acceptors (Lipinski definition) is 3. The van der Waals surface area contributed by atoms with Crippen LogP contribution >= 0.6 is 0 Å². The molecule has 0 fully saturated rings. The van der Waals surface area contributed by atoms with Gasteiger partial charge in [-0.1, -0.05) is 0 Å². The highest BCUT2D eigenvalue weighted by atomic mass is 19.4. The van der Waals surface area contributed by atoms with Gasteiger partial charge in [-0.3, -0.25) is 0 Å². The van der Waals surface area contributed by atoms with E-state index >= 15 is 0 Å². The molecule has 0 radical (unpaired) electrons. The zero-order chi connectivity index (χ0) is 16.2. The Kier molecular flexibility index (Phi) is 3.45. The Labute approximate surface area is 117 Å². The highest BCUT2D eigenvalue weighted by molar-refractivity contribution is 5.44. The van der Waals surface area contributed by atoms with E-state index in [1.807, 2.05) is 0 Å². The van der Waals surface area contributed by atoms with Crippen LogP contribution in [0.4, 0.5) is 22.0 Å². The average Bonchev–Trinajstić information content (AvgIpc) is 2.34. The molecule has 118 valence electrons. The van der Waals surface area contributed by atoms with E-state index in [0.717, 1.165) is 6.07 Å². The second kappa shape index (κ2) is 4.54. The van der Waals surface area contributed by atoms with Crippen molar-refractivity contribution in [2.24, 2.45) is 5.73 Å². The first-order valence-electron chi connectivity index (χ1n) is 6.09. The van der Waals surface area contributed by atoms with Crippen LogP contribution in [0.3, 0.4) is 0 Å². The van der Waals surface area contributed by atoms with Gasteiger partial charge < -0.3 is 15.6 Å². The fourth-order valence-corrected chi connectivity index (χ4v) is 2.21. The number of fused-ring (bicyclic) bond motifs is 1. The molecule has 3 N–H and O–H groups in total. The Hall–Kier alpha value is -1.41. The van der Waals surface area contributed by atoms with Crippen LogP contribution in [0.25, 0.3) is 0 Å². The summed E-state index contributed by atoms with van der Waals surface area (Å²) < 4.78 is 69.2. The fourth-order valence-electron chi connectivity index (χ4n) is 2.21. The smallest absolute Gasteiger partial charge is 0.458 e. The number of aliphatic hydroxyl groups excluding tert-OH is 1. The molecule has 1 aromatic rings. The van der Waals surface area contributed by atoms with Gasteiger partial charge in [0.15, 0.2) is 0 Å². The third kappa shape index (κ3) is 2.46. The van der Waals surface area contributed by atoms with E-state index in [0.29, 0.717) is 12.1 Å². The minimum absolute atomic E-state index is 0.0803. The first-order chi connectivity index (χ1) is 9.38. The van der Waals surface area contributed by atoms with Gasteiger partial charge in [0.2, 0.25) is 0 Å². The van der Waals surface area contributed by atoms with Crippen LogP contribution in [0.2, 0.25) is 0 Å².